The molecule has 0 atom stereocenters. The van der Waals surface area contributed by atoms with Crippen LogP contribution in [0.25, 0.3) is 0 Å². The quantitative estimate of drug-likeness (QED) is 0.824. The number of phenols is 1. The van der Waals surface area contributed by atoms with E-state index in [-0.39, 0.29) is 16.3 Å². The van der Waals surface area contributed by atoms with Gasteiger partial charge >= 0.3 is 0 Å². The van der Waals surface area contributed by atoms with E-state index in [4.69, 9.17) is 0 Å². The number of benzene rings is 2. The van der Waals surface area contributed by atoms with Gasteiger partial charge in [-0.05, 0) is 24.3 Å². The van der Waals surface area contributed by atoms with Crippen LogP contribution in [0.4, 0.5) is 8.78 Å². The molecule has 1 aliphatic heterocycles. The predicted octanol–water partition coefficient (Wildman–Crippen LogP) is 1.61. The molecule has 8 heteroatoms. The molecular formula is C15H8F2N2O4. The van der Waals surface area contributed by atoms with Crippen LogP contribution in [0.2, 0.25) is 0 Å². The number of nitrogens with zero attached hydrogens (tertiary/aromatic N) is 1. The lowest BCUT2D eigenvalue weighted by molar-refractivity contribution is 0.0514. The molecule has 0 fully saturated rings. The van der Waals surface area contributed by atoms with Crippen molar-refractivity contribution in [1.82, 2.24) is 10.4 Å². The summed E-state index contributed by atoms with van der Waals surface area (Å²) in [7, 11) is 0. The number of aromatic hydroxyl groups is 1. The zero-order valence-electron chi connectivity index (χ0n) is 11.3. The van der Waals surface area contributed by atoms with Gasteiger partial charge in [0, 0.05) is 0 Å². The molecule has 1 heterocycles. The van der Waals surface area contributed by atoms with E-state index >= 15 is 0 Å². The van der Waals surface area contributed by atoms with E-state index in [0.717, 1.165) is 0 Å². The highest BCUT2D eigenvalue weighted by Crippen LogP contribution is 2.27. The lowest BCUT2D eigenvalue weighted by atomic mass is 10.1. The van der Waals surface area contributed by atoms with E-state index in [1.807, 2.05) is 5.43 Å². The summed E-state index contributed by atoms with van der Waals surface area (Å²) in [6.07, 6.45) is 0. The van der Waals surface area contributed by atoms with E-state index in [2.05, 4.69) is 0 Å². The first-order valence-electron chi connectivity index (χ1n) is 6.37. The van der Waals surface area contributed by atoms with Gasteiger partial charge in [0.25, 0.3) is 17.7 Å². The number of hydrogen-bond acceptors (Lipinski definition) is 4. The van der Waals surface area contributed by atoms with Gasteiger partial charge in [0.1, 0.15) is 17.4 Å². The zero-order valence-corrected chi connectivity index (χ0v) is 11.3. The van der Waals surface area contributed by atoms with Crippen LogP contribution in [-0.2, 0) is 0 Å². The van der Waals surface area contributed by atoms with Crippen molar-refractivity contribution in [3.63, 3.8) is 0 Å². The summed E-state index contributed by atoms with van der Waals surface area (Å²) in [4.78, 5) is 36.1. The molecular weight excluding hydrogens is 310 g/mol. The number of carbonyl (C=O) groups excluding carboxylic acids is 3. The number of para-hydroxylation sites is 1. The minimum Gasteiger partial charge on any atom is -0.507 e. The number of amides is 3. The molecule has 0 saturated carbocycles. The topological polar surface area (TPSA) is 86.7 Å². The maximum atomic E-state index is 13.7. The number of halogens is 2. The summed E-state index contributed by atoms with van der Waals surface area (Å²) in [5.41, 5.74) is 0.249. The molecule has 0 aromatic heterocycles. The van der Waals surface area contributed by atoms with Gasteiger partial charge in [-0.3, -0.25) is 19.8 Å². The maximum Gasteiger partial charge on any atom is 0.283 e. The van der Waals surface area contributed by atoms with E-state index in [1.165, 1.54) is 24.3 Å². The summed E-state index contributed by atoms with van der Waals surface area (Å²) in [5.74, 6) is -5.87. The van der Waals surface area contributed by atoms with Crippen LogP contribution in [0, 0.1) is 11.6 Å². The van der Waals surface area contributed by atoms with Crippen LogP contribution < -0.4 is 5.43 Å². The minimum atomic E-state index is -1.19. The van der Waals surface area contributed by atoms with Gasteiger partial charge in [-0.2, -0.15) is 5.01 Å². The summed E-state index contributed by atoms with van der Waals surface area (Å²) < 4.78 is 27.3. The van der Waals surface area contributed by atoms with Crippen LogP contribution in [-0.4, -0.2) is 27.8 Å². The number of phenolic OH excluding ortho intramolecular Hbond substituents is 1. The van der Waals surface area contributed by atoms with Crippen LogP contribution >= 0.6 is 0 Å². The second kappa shape index (κ2) is 5.16. The van der Waals surface area contributed by atoms with Crippen molar-refractivity contribution >= 4 is 17.7 Å². The molecule has 0 bridgehead atoms. The van der Waals surface area contributed by atoms with Crippen LogP contribution in [0.5, 0.6) is 5.75 Å². The van der Waals surface area contributed by atoms with Gasteiger partial charge in [0.05, 0.1) is 16.7 Å². The standard InChI is InChI=1S/C15H8F2N2O4/c16-8-5-6-9(17)12-11(8)14(22)19(15(12)23)18-13(21)7-3-1-2-4-10(7)20/h1-6,20H,(H,18,21). The van der Waals surface area contributed by atoms with Gasteiger partial charge in [-0.15, -0.1) is 0 Å². The monoisotopic (exact) mass is 318 g/mol. The third-order valence-corrected chi connectivity index (χ3v) is 3.30. The molecule has 3 rings (SSSR count). The highest BCUT2D eigenvalue weighted by molar-refractivity contribution is 6.22. The Balaban J connectivity index is 1.95. The molecule has 3 amide bonds. The molecule has 2 N–H and O–H groups in total. The minimum absolute atomic E-state index is 0.204. The van der Waals surface area contributed by atoms with Crippen LogP contribution in [0.1, 0.15) is 31.1 Å². The molecule has 1 aliphatic rings. The summed E-state index contributed by atoms with van der Waals surface area (Å²) in [5, 5.41) is 9.79. The third-order valence-electron chi connectivity index (χ3n) is 3.30. The normalized spacial score (nSPS) is 13.2. The fourth-order valence-corrected chi connectivity index (χ4v) is 2.21. The molecule has 0 unspecified atom stereocenters. The molecule has 0 aliphatic carbocycles. The molecule has 23 heavy (non-hydrogen) atoms. The van der Waals surface area contributed by atoms with Crippen LogP contribution in [0.15, 0.2) is 36.4 Å². The molecule has 2 aromatic carbocycles. The Morgan fingerprint density at radius 2 is 1.48 bits per heavy atom. The Bertz CT molecular complexity index is 826. The Hall–Kier alpha value is -3.29. The summed E-state index contributed by atoms with van der Waals surface area (Å²) in [6.45, 7) is 0. The van der Waals surface area contributed by atoms with Crippen molar-refractivity contribution in [3.05, 3.63) is 64.7 Å². The number of imide groups is 1. The average molecular weight is 318 g/mol. The summed E-state index contributed by atoms with van der Waals surface area (Å²) in [6, 6.07) is 6.84. The van der Waals surface area contributed by atoms with E-state index < -0.39 is 40.5 Å². The smallest absolute Gasteiger partial charge is 0.283 e. The third kappa shape index (κ3) is 2.20. The maximum absolute atomic E-state index is 13.7. The Morgan fingerprint density at radius 3 is 2.00 bits per heavy atom. The lowest BCUT2D eigenvalue weighted by Crippen LogP contribution is -2.46. The zero-order chi connectivity index (χ0) is 16.7. The predicted molar refractivity (Wildman–Crippen MR) is 72.4 cm³/mol. The van der Waals surface area contributed by atoms with Crippen molar-refractivity contribution in [2.24, 2.45) is 0 Å². The van der Waals surface area contributed by atoms with E-state index in [0.29, 0.717) is 12.1 Å². The number of carbonyl (C=O) groups is 3. The average Bonchev–Trinajstić information content (AvgIpc) is 2.77. The highest BCUT2D eigenvalue weighted by atomic mass is 19.1. The Labute approximate surface area is 127 Å². The first-order chi connectivity index (χ1) is 10.9. The molecule has 0 spiro atoms. The second-order valence-corrected chi connectivity index (χ2v) is 4.68. The number of nitrogens with one attached hydrogen (secondary N) is 1. The highest BCUT2D eigenvalue weighted by Gasteiger charge is 2.41. The van der Waals surface area contributed by atoms with Crippen molar-refractivity contribution in [1.29, 1.82) is 0 Å². The van der Waals surface area contributed by atoms with Gasteiger partial charge in [-0.25, -0.2) is 8.78 Å². The van der Waals surface area contributed by atoms with Gasteiger partial charge in [0.15, 0.2) is 0 Å². The molecule has 116 valence electrons. The fraction of sp³-hybridized carbons (Fsp3) is 0. The number of rotatable bonds is 2. The SMILES string of the molecule is O=C(NN1C(=O)c2c(F)ccc(F)c2C1=O)c1ccccc1O. The van der Waals surface area contributed by atoms with Crippen molar-refractivity contribution in [3.8, 4) is 5.75 Å². The fourth-order valence-electron chi connectivity index (χ4n) is 2.21. The van der Waals surface area contributed by atoms with E-state index in [9.17, 15) is 28.3 Å². The lowest BCUT2D eigenvalue weighted by Gasteiger charge is -2.15. The molecule has 6 nitrogen and oxygen atoms in total. The Morgan fingerprint density at radius 1 is 0.957 bits per heavy atom. The summed E-state index contributed by atoms with van der Waals surface area (Å²) >= 11 is 0. The Kier molecular flexibility index (Phi) is 3.29. The van der Waals surface area contributed by atoms with Gasteiger partial charge in [-0.1, -0.05) is 12.1 Å². The van der Waals surface area contributed by atoms with Crippen LogP contribution in [0.3, 0.4) is 0 Å². The van der Waals surface area contributed by atoms with E-state index in [1.54, 1.807) is 0 Å². The molecule has 2 aromatic rings. The number of hydrazine groups is 1. The molecule has 0 saturated heterocycles. The van der Waals surface area contributed by atoms with Crippen molar-refractivity contribution in [2.45, 2.75) is 0 Å². The second-order valence-electron chi connectivity index (χ2n) is 4.68. The first kappa shape index (κ1) is 14.6. The van der Waals surface area contributed by atoms with Gasteiger partial charge < -0.3 is 5.11 Å². The number of fused-ring (bicyclic) bond motifs is 1. The number of hydrogen-bond donors (Lipinski definition) is 2. The van der Waals surface area contributed by atoms with Gasteiger partial charge in [0.2, 0.25) is 0 Å². The largest absolute Gasteiger partial charge is 0.507 e. The first-order valence-corrected chi connectivity index (χ1v) is 6.37. The molecule has 0 radical (unpaired) electrons. The van der Waals surface area contributed by atoms with Crippen molar-refractivity contribution < 1.29 is 28.3 Å². The van der Waals surface area contributed by atoms with Crippen molar-refractivity contribution in [2.75, 3.05) is 0 Å².